The van der Waals surface area contributed by atoms with E-state index in [-0.39, 0.29) is 5.95 Å². The Labute approximate surface area is 95.7 Å². The number of hydrogen-bond acceptors (Lipinski definition) is 4. The molecule has 5 heteroatoms. The third-order valence-electron chi connectivity index (χ3n) is 1.77. The standard InChI is InChI=1S/C10H9BrN4/c11-7-2-1-3-8(6-7)14-9-4-5-13-10(12)15-9/h1-6H,(H3,12,13,14,15). The summed E-state index contributed by atoms with van der Waals surface area (Å²) >= 11 is 3.39. The highest BCUT2D eigenvalue weighted by Crippen LogP contribution is 2.19. The van der Waals surface area contributed by atoms with Crippen LogP contribution in [-0.4, -0.2) is 9.97 Å². The minimum atomic E-state index is 0.259. The molecule has 0 bridgehead atoms. The molecular formula is C10H9BrN4. The Hall–Kier alpha value is -1.62. The molecule has 0 unspecified atom stereocenters. The van der Waals surface area contributed by atoms with Crippen LogP contribution in [0.2, 0.25) is 0 Å². The summed E-state index contributed by atoms with van der Waals surface area (Å²) in [6.45, 7) is 0. The smallest absolute Gasteiger partial charge is 0.221 e. The molecule has 15 heavy (non-hydrogen) atoms. The van der Waals surface area contributed by atoms with E-state index in [0.717, 1.165) is 10.2 Å². The number of nitrogen functional groups attached to an aromatic ring is 1. The molecule has 2 rings (SSSR count). The summed E-state index contributed by atoms with van der Waals surface area (Å²) in [5.74, 6) is 0.940. The summed E-state index contributed by atoms with van der Waals surface area (Å²) in [5, 5.41) is 3.12. The van der Waals surface area contributed by atoms with E-state index in [1.54, 1.807) is 12.3 Å². The zero-order valence-corrected chi connectivity index (χ0v) is 9.40. The number of benzene rings is 1. The number of halogens is 1. The zero-order chi connectivity index (χ0) is 10.7. The van der Waals surface area contributed by atoms with Gasteiger partial charge in [-0.2, -0.15) is 4.98 Å². The van der Waals surface area contributed by atoms with Gasteiger partial charge in [0.05, 0.1) is 0 Å². The van der Waals surface area contributed by atoms with E-state index in [2.05, 4.69) is 31.2 Å². The molecule has 1 aromatic heterocycles. The second kappa shape index (κ2) is 4.27. The lowest BCUT2D eigenvalue weighted by atomic mass is 10.3. The summed E-state index contributed by atoms with van der Waals surface area (Å²) in [5.41, 5.74) is 6.42. The quantitative estimate of drug-likeness (QED) is 0.875. The monoisotopic (exact) mass is 264 g/mol. The number of hydrogen-bond donors (Lipinski definition) is 2. The van der Waals surface area contributed by atoms with Gasteiger partial charge in [-0.3, -0.25) is 0 Å². The van der Waals surface area contributed by atoms with Gasteiger partial charge in [-0.1, -0.05) is 22.0 Å². The topological polar surface area (TPSA) is 63.8 Å². The van der Waals surface area contributed by atoms with E-state index in [1.807, 2.05) is 24.3 Å². The molecule has 3 N–H and O–H groups in total. The molecule has 76 valence electrons. The van der Waals surface area contributed by atoms with Gasteiger partial charge in [0.1, 0.15) is 5.82 Å². The fourth-order valence-corrected chi connectivity index (χ4v) is 1.56. The van der Waals surface area contributed by atoms with Gasteiger partial charge in [-0.25, -0.2) is 4.98 Å². The number of nitrogens with two attached hydrogens (primary N) is 1. The highest BCUT2D eigenvalue weighted by molar-refractivity contribution is 9.10. The van der Waals surface area contributed by atoms with Crippen LogP contribution in [0.3, 0.4) is 0 Å². The van der Waals surface area contributed by atoms with Gasteiger partial charge in [0.15, 0.2) is 0 Å². The second-order valence-corrected chi connectivity index (χ2v) is 3.85. The molecule has 0 radical (unpaired) electrons. The SMILES string of the molecule is Nc1nccc(Nc2cccc(Br)c2)n1. The van der Waals surface area contributed by atoms with Gasteiger partial charge in [0.2, 0.25) is 5.95 Å². The minimum Gasteiger partial charge on any atom is -0.368 e. The van der Waals surface area contributed by atoms with Crippen LogP contribution in [0.5, 0.6) is 0 Å². The molecule has 0 spiro atoms. The lowest BCUT2D eigenvalue weighted by molar-refractivity contribution is 1.18. The molecule has 0 atom stereocenters. The molecule has 0 fully saturated rings. The Morgan fingerprint density at radius 2 is 2.13 bits per heavy atom. The average molecular weight is 265 g/mol. The van der Waals surface area contributed by atoms with Crippen LogP contribution in [0.15, 0.2) is 41.0 Å². The molecule has 0 saturated heterocycles. The summed E-state index contributed by atoms with van der Waals surface area (Å²) in [6.07, 6.45) is 1.61. The summed E-state index contributed by atoms with van der Waals surface area (Å²) in [6, 6.07) is 9.56. The maximum absolute atomic E-state index is 5.47. The Bertz CT molecular complexity index is 429. The van der Waals surface area contributed by atoms with E-state index >= 15 is 0 Å². The van der Waals surface area contributed by atoms with Gasteiger partial charge in [0.25, 0.3) is 0 Å². The molecule has 0 saturated carbocycles. The third kappa shape index (κ3) is 2.66. The van der Waals surface area contributed by atoms with Crippen molar-refractivity contribution in [2.45, 2.75) is 0 Å². The fourth-order valence-electron chi connectivity index (χ4n) is 1.16. The summed E-state index contributed by atoms with van der Waals surface area (Å²) < 4.78 is 1.01. The summed E-state index contributed by atoms with van der Waals surface area (Å²) in [4.78, 5) is 7.85. The molecule has 4 nitrogen and oxygen atoms in total. The van der Waals surface area contributed by atoms with Crippen LogP contribution in [0, 0.1) is 0 Å². The lowest BCUT2D eigenvalue weighted by Crippen LogP contribution is -1.98. The van der Waals surface area contributed by atoms with Crippen molar-refractivity contribution < 1.29 is 0 Å². The number of nitrogens with one attached hydrogen (secondary N) is 1. The van der Waals surface area contributed by atoms with Crippen LogP contribution in [0.1, 0.15) is 0 Å². The van der Waals surface area contributed by atoms with E-state index < -0.39 is 0 Å². The highest BCUT2D eigenvalue weighted by atomic mass is 79.9. The van der Waals surface area contributed by atoms with Crippen LogP contribution in [0.25, 0.3) is 0 Å². The van der Waals surface area contributed by atoms with E-state index in [9.17, 15) is 0 Å². The van der Waals surface area contributed by atoms with Crippen molar-refractivity contribution in [3.8, 4) is 0 Å². The molecule has 0 aliphatic carbocycles. The first-order chi connectivity index (χ1) is 7.24. The van der Waals surface area contributed by atoms with Crippen molar-refractivity contribution in [2.75, 3.05) is 11.1 Å². The van der Waals surface area contributed by atoms with Crippen molar-refractivity contribution in [1.82, 2.24) is 9.97 Å². The molecule has 1 aromatic carbocycles. The van der Waals surface area contributed by atoms with E-state index in [0.29, 0.717) is 5.82 Å². The van der Waals surface area contributed by atoms with Gasteiger partial charge >= 0.3 is 0 Å². The Morgan fingerprint density at radius 1 is 1.27 bits per heavy atom. The van der Waals surface area contributed by atoms with Crippen molar-refractivity contribution >= 4 is 33.4 Å². The number of nitrogens with zero attached hydrogens (tertiary/aromatic N) is 2. The Kier molecular flexibility index (Phi) is 2.82. The summed E-state index contributed by atoms with van der Waals surface area (Å²) in [7, 11) is 0. The van der Waals surface area contributed by atoms with Crippen molar-refractivity contribution in [2.24, 2.45) is 0 Å². The lowest BCUT2D eigenvalue weighted by Gasteiger charge is -2.05. The van der Waals surface area contributed by atoms with Crippen molar-refractivity contribution in [3.05, 3.63) is 41.0 Å². The molecule has 0 aliphatic rings. The van der Waals surface area contributed by atoms with Crippen molar-refractivity contribution in [3.63, 3.8) is 0 Å². The Balaban J connectivity index is 2.22. The van der Waals surface area contributed by atoms with Gasteiger partial charge < -0.3 is 11.1 Å². The normalized spacial score (nSPS) is 9.93. The van der Waals surface area contributed by atoms with Gasteiger partial charge in [-0.05, 0) is 24.3 Å². The van der Waals surface area contributed by atoms with Gasteiger partial charge in [0, 0.05) is 16.4 Å². The molecule has 0 amide bonds. The molecule has 0 aliphatic heterocycles. The highest BCUT2D eigenvalue weighted by Gasteiger charge is 1.97. The second-order valence-electron chi connectivity index (χ2n) is 2.94. The number of aromatic nitrogens is 2. The first-order valence-electron chi connectivity index (χ1n) is 4.35. The first kappa shape index (κ1) is 9.92. The molecule has 2 aromatic rings. The minimum absolute atomic E-state index is 0.259. The molecule has 1 heterocycles. The first-order valence-corrected chi connectivity index (χ1v) is 5.14. The predicted molar refractivity (Wildman–Crippen MR) is 63.9 cm³/mol. The van der Waals surface area contributed by atoms with E-state index in [4.69, 9.17) is 5.73 Å². The third-order valence-corrected chi connectivity index (χ3v) is 2.26. The largest absolute Gasteiger partial charge is 0.368 e. The van der Waals surface area contributed by atoms with Crippen molar-refractivity contribution in [1.29, 1.82) is 0 Å². The number of anilines is 3. The average Bonchev–Trinajstić information content (AvgIpc) is 2.17. The molecular weight excluding hydrogens is 256 g/mol. The number of rotatable bonds is 2. The Morgan fingerprint density at radius 3 is 2.87 bits per heavy atom. The maximum Gasteiger partial charge on any atom is 0.221 e. The van der Waals surface area contributed by atoms with Crippen LogP contribution in [0.4, 0.5) is 17.5 Å². The maximum atomic E-state index is 5.47. The van der Waals surface area contributed by atoms with Crippen LogP contribution >= 0.6 is 15.9 Å². The fraction of sp³-hybridized carbons (Fsp3) is 0. The zero-order valence-electron chi connectivity index (χ0n) is 7.81. The van der Waals surface area contributed by atoms with Crippen LogP contribution < -0.4 is 11.1 Å². The van der Waals surface area contributed by atoms with E-state index in [1.165, 1.54) is 0 Å². The van der Waals surface area contributed by atoms with Crippen LogP contribution in [-0.2, 0) is 0 Å². The van der Waals surface area contributed by atoms with Gasteiger partial charge in [-0.15, -0.1) is 0 Å². The predicted octanol–water partition coefficient (Wildman–Crippen LogP) is 2.56.